The van der Waals surface area contributed by atoms with Gasteiger partial charge in [-0.25, -0.2) is 18.0 Å². The highest BCUT2D eigenvalue weighted by molar-refractivity contribution is 7.89. The predicted molar refractivity (Wildman–Crippen MR) is 122 cm³/mol. The predicted octanol–water partition coefficient (Wildman–Crippen LogP) is 3.30. The average Bonchev–Trinajstić information content (AvgIpc) is 3.22. The fraction of sp³-hybridized carbons (Fsp3) is 0.333. The number of morpholine rings is 1. The number of hydrogen-bond acceptors (Lipinski definition) is 8. The lowest BCUT2D eigenvalue weighted by Crippen LogP contribution is -2.40. The summed E-state index contributed by atoms with van der Waals surface area (Å²) < 4.78 is 49.0. The molecule has 0 saturated carbocycles. The fourth-order valence-electron chi connectivity index (χ4n) is 3.76. The van der Waals surface area contributed by atoms with Crippen molar-refractivity contribution in [1.29, 1.82) is 0 Å². The first-order valence-corrected chi connectivity index (χ1v) is 12.3. The van der Waals surface area contributed by atoms with Crippen LogP contribution in [0.2, 0.25) is 0 Å². The van der Waals surface area contributed by atoms with Gasteiger partial charge in [-0.1, -0.05) is 24.3 Å². The van der Waals surface area contributed by atoms with Gasteiger partial charge in [-0.3, -0.25) is 0 Å². The van der Waals surface area contributed by atoms with Crippen molar-refractivity contribution in [2.75, 3.05) is 32.9 Å². The number of hydrogen-bond donors (Lipinski definition) is 0. The molecule has 0 aliphatic carbocycles. The molecule has 2 aromatic carbocycles. The number of carbonyl (C=O) groups is 2. The Bertz CT molecular complexity index is 1320. The molecule has 1 aliphatic heterocycles. The second-order valence-electron chi connectivity index (χ2n) is 7.70. The van der Waals surface area contributed by atoms with E-state index in [4.69, 9.17) is 18.6 Å². The van der Waals surface area contributed by atoms with E-state index in [1.54, 1.807) is 44.2 Å². The van der Waals surface area contributed by atoms with Crippen LogP contribution in [-0.2, 0) is 30.8 Å². The Balaban J connectivity index is 1.59. The molecule has 0 unspecified atom stereocenters. The van der Waals surface area contributed by atoms with Gasteiger partial charge in [-0.05, 0) is 37.6 Å². The number of para-hydroxylation sites is 1. The minimum atomic E-state index is -3.79. The standard InChI is InChI=1S/C24H25NO8S/c1-3-31-24(27)22-19(18-6-4-5-7-20(18)33-22)15-32-23(26)17-9-8-16(2)21(14-17)34(28,29)25-10-12-30-13-11-25/h4-9,14H,3,10-13,15H2,1-2H3. The lowest BCUT2D eigenvalue weighted by Gasteiger charge is -2.26. The number of furan rings is 1. The third kappa shape index (κ3) is 4.70. The van der Waals surface area contributed by atoms with E-state index in [2.05, 4.69) is 0 Å². The molecule has 34 heavy (non-hydrogen) atoms. The normalized spacial score (nSPS) is 14.8. The molecule has 0 amide bonds. The van der Waals surface area contributed by atoms with Gasteiger partial charge in [-0.15, -0.1) is 0 Å². The molecule has 1 saturated heterocycles. The molecule has 1 aliphatic rings. The Morgan fingerprint density at radius 1 is 1.03 bits per heavy atom. The van der Waals surface area contributed by atoms with Crippen molar-refractivity contribution in [3.63, 3.8) is 0 Å². The summed E-state index contributed by atoms with van der Waals surface area (Å²) in [7, 11) is -3.79. The molecule has 4 rings (SSSR count). The SMILES string of the molecule is CCOC(=O)c1oc2ccccc2c1COC(=O)c1ccc(C)c(S(=O)(=O)N2CCOCC2)c1. The summed E-state index contributed by atoms with van der Waals surface area (Å²) >= 11 is 0. The van der Waals surface area contributed by atoms with E-state index in [-0.39, 0.29) is 42.5 Å². The van der Waals surface area contributed by atoms with Crippen LogP contribution >= 0.6 is 0 Å². The van der Waals surface area contributed by atoms with Gasteiger partial charge in [0.2, 0.25) is 15.8 Å². The fourth-order valence-corrected chi connectivity index (χ4v) is 5.41. The van der Waals surface area contributed by atoms with Crippen LogP contribution in [0.5, 0.6) is 0 Å². The quantitative estimate of drug-likeness (QED) is 0.467. The van der Waals surface area contributed by atoms with E-state index in [1.807, 2.05) is 0 Å². The molecular formula is C24H25NO8S. The number of aryl methyl sites for hydroxylation is 1. The van der Waals surface area contributed by atoms with E-state index < -0.39 is 22.0 Å². The molecule has 2 heterocycles. The number of esters is 2. The molecule has 0 spiro atoms. The number of carbonyl (C=O) groups excluding carboxylic acids is 2. The van der Waals surface area contributed by atoms with Crippen molar-refractivity contribution in [2.24, 2.45) is 0 Å². The van der Waals surface area contributed by atoms with E-state index in [0.717, 1.165) is 0 Å². The van der Waals surface area contributed by atoms with Crippen LogP contribution in [0.25, 0.3) is 11.0 Å². The van der Waals surface area contributed by atoms with Crippen molar-refractivity contribution in [3.8, 4) is 0 Å². The Kier molecular flexibility index (Phi) is 7.01. The largest absolute Gasteiger partial charge is 0.460 e. The van der Waals surface area contributed by atoms with Crippen LogP contribution in [0.15, 0.2) is 51.8 Å². The van der Waals surface area contributed by atoms with E-state index in [9.17, 15) is 18.0 Å². The van der Waals surface area contributed by atoms with Crippen LogP contribution in [0.4, 0.5) is 0 Å². The van der Waals surface area contributed by atoms with Gasteiger partial charge >= 0.3 is 11.9 Å². The maximum absolute atomic E-state index is 13.1. The zero-order chi connectivity index (χ0) is 24.3. The Morgan fingerprint density at radius 2 is 1.76 bits per heavy atom. The molecule has 1 fully saturated rings. The monoisotopic (exact) mass is 487 g/mol. The van der Waals surface area contributed by atoms with Crippen molar-refractivity contribution in [2.45, 2.75) is 25.3 Å². The second-order valence-corrected chi connectivity index (χ2v) is 9.61. The molecule has 180 valence electrons. The van der Waals surface area contributed by atoms with Crippen molar-refractivity contribution in [1.82, 2.24) is 4.31 Å². The van der Waals surface area contributed by atoms with Crippen molar-refractivity contribution < 1.29 is 36.6 Å². The maximum Gasteiger partial charge on any atom is 0.374 e. The van der Waals surface area contributed by atoms with Crippen LogP contribution in [0.1, 0.15) is 39.0 Å². The number of ether oxygens (including phenoxy) is 3. The molecular weight excluding hydrogens is 462 g/mol. The molecule has 1 aromatic heterocycles. The molecule has 3 aromatic rings. The highest BCUT2D eigenvalue weighted by Crippen LogP contribution is 2.28. The number of benzene rings is 2. The van der Waals surface area contributed by atoms with E-state index in [1.165, 1.54) is 16.4 Å². The third-order valence-corrected chi connectivity index (χ3v) is 7.56. The Hall–Kier alpha value is -3.21. The maximum atomic E-state index is 13.1. The Morgan fingerprint density at radius 3 is 2.50 bits per heavy atom. The first-order chi connectivity index (χ1) is 16.3. The molecule has 10 heteroatoms. The van der Waals surface area contributed by atoms with Gasteiger partial charge in [0.1, 0.15) is 12.2 Å². The highest BCUT2D eigenvalue weighted by Gasteiger charge is 2.29. The summed E-state index contributed by atoms with van der Waals surface area (Å²) in [5, 5.41) is 0.623. The van der Waals surface area contributed by atoms with Crippen LogP contribution in [0.3, 0.4) is 0 Å². The van der Waals surface area contributed by atoms with Gasteiger partial charge in [0, 0.05) is 18.5 Å². The molecule has 0 radical (unpaired) electrons. The van der Waals surface area contributed by atoms with Crippen molar-refractivity contribution in [3.05, 3.63) is 64.9 Å². The summed E-state index contributed by atoms with van der Waals surface area (Å²) in [4.78, 5) is 25.3. The summed E-state index contributed by atoms with van der Waals surface area (Å²) in [5.74, 6) is -1.41. The lowest BCUT2D eigenvalue weighted by molar-refractivity contribution is 0.0435. The first-order valence-electron chi connectivity index (χ1n) is 10.9. The number of sulfonamides is 1. The van der Waals surface area contributed by atoms with Crippen molar-refractivity contribution >= 4 is 32.9 Å². The smallest absolute Gasteiger partial charge is 0.374 e. The number of fused-ring (bicyclic) bond motifs is 1. The van der Waals surface area contributed by atoms with Crippen LogP contribution in [-0.4, -0.2) is 57.6 Å². The summed E-state index contributed by atoms with van der Waals surface area (Å²) in [6.45, 7) is 4.42. The summed E-state index contributed by atoms with van der Waals surface area (Å²) in [6.07, 6.45) is 0. The van der Waals surface area contributed by atoms with Crippen LogP contribution < -0.4 is 0 Å². The Labute approximate surface area is 197 Å². The number of rotatable bonds is 7. The van der Waals surface area contributed by atoms with Gasteiger partial charge < -0.3 is 18.6 Å². The molecule has 0 atom stereocenters. The van der Waals surface area contributed by atoms with Crippen LogP contribution in [0, 0.1) is 6.92 Å². The van der Waals surface area contributed by atoms with Gasteiger partial charge in [0.15, 0.2) is 0 Å². The lowest BCUT2D eigenvalue weighted by atomic mass is 10.1. The minimum absolute atomic E-state index is 0.0321. The highest BCUT2D eigenvalue weighted by atomic mass is 32.2. The van der Waals surface area contributed by atoms with Gasteiger partial charge in [-0.2, -0.15) is 4.31 Å². The summed E-state index contributed by atoms with van der Waals surface area (Å²) in [5.41, 5.74) is 1.46. The number of nitrogens with zero attached hydrogens (tertiary/aromatic N) is 1. The first kappa shape index (κ1) is 23.9. The third-order valence-electron chi connectivity index (χ3n) is 5.52. The summed E-state index contributed by atoms with van der Waals surface area (Å²) in [6, 6.07) is 11.4. The molecule has 0 bridgehead atoms. The van der Waals surface area contributed by atoms with E-state index in [0.29, 0.717) is 35.3 Å². The average molecular weight is 488 g/mol. The zero-order valence-electron chi connectivity index (χ0n) is 18.9. The zero-order valence-corrected chi connectivity index (χ0v) is 19.7. The topological polar surface area (TPSA) is 112 Å². The molecule has 0 N–H and O–H groups in total. The minimum Gasteiger partial charge on any atom is -0.460 e. The van der Waals surface area contributed by atoms with E-state index >= 15 is 0 Å². The second kappa shape index (κ2) is 9.96. The molecule has 9 nitrogen and oxygen atoms in total. The van der Waals surface area contributed by atoms with Gasteiger partial charge in [0.05, 0.1) is 35.8 Å². The van der Waals surface area contributed by atoms with Gasteiger partial charge in [0.25, 0.3) is 0 Å².